The number of hydrogen-bond acceptors (Lipinski definition) is 3. The molecule has 5 nitrogen and oxygen atoms in total. The van der Waals surface area contributed by atoms with Gasteiger partial charge in [0.05, 0.1) is 13.0 Å². The van der Waals surface area contributed by atoms with Crippen molar-refractivity contribution in [2.24, 2.45) is 0 Å². The third-order valence-electron chi connectivity index (χ3n) is 2.24. The van der Waals surface area contributed by atoms with Crippen molar-refractivity contribution in [3.63, 3.8) is 0 Å². The molecule has 1 rings (SSSR count). The summed E-state index contributed by atoms with van der Waals surface area (Å²) in [6.45, 7) is 5.52. The van der Waals surface area contributed by atoms with Gasteiger partial charge in [-0.05, 0) is 38.5 Å². The maximum Gasteiger partial charge on any atom is 0.408 e. The van der Waals surface area contributed by atoms with Gasteiger partial charge in [-0.3, -0.25) is 4.79 Å². The fourth-order valence-corrected chi connectivity index (χ4v) is 1.51. The Morgan fingerprint density at radius 2 is 2.05 bits per heavy atom. The minimum absolute atomic E-state index is 0.0360. The average Bonchev–Trinajstić information content (AvgIpc) is 2.32. The maximum atomic E-state index is 11.4. The normalized spacial score (nSPS) is 10.2. The number of nitrogens with one attached hydrogen (secondary N) is 1. The third kappa shape index (κ3) is 7.63. The van der Waals surface area contributed by atoms with Crippen LogP contribution in [0.15, 0.2) is 24.3 Å². The first-order valence-corrected chi connectivity index (χ1v) is 6.53. The molecule has 0 atom stereocenters. The lowest BCUT2D eigenvalue weighted by Crippen LogP contribution is -2.32. The summed E-state index contributed by atoms with van der Waals surface area (Å²) < 4.78 is 5.07. The van der Waals surface area contributed by atoms with E-state index in [0.717, 1.165) is 0 Å². The molecule has 0 saturated heterocycles. The van der Waals surface area contributed by atoms with Crippen molar-refractivity contribution in [1.29, 1.82) is 0 Å². The van der Waals surface area contributed by atoms with E-state index in [-0.39, 0.29) is 13.0 Å². The fourth-order valence-electron chi connectivity index (χ4n) is 1.51. The van der Waals surface area contributed by atoms with Gasteiger partial charge in [0.1, 0.15) is 5.60 Å². The van der Waals surface area contributed by atoms with Gasteiger partial charge in [0.2, 0.25) is 0 Å². The minimum Gasteiger partial charge on any atom is -0.481 e. The number of benzene rings is 1. The summed E-state index contributed by atoms with van der Waals surface area (Å²) in [4.78, 5) is 22.0. The topological polar surface area (TPSA) is 75.6 Å². The summed E-state index contributed by atoms with van der Waals surface area (Å²) in [6, 6.07) is 6.99. The Morgan fingerprint density at radius 3 is 2.67 bits per heavy atom. The second-order valence-electron chi connectivity index (χ2n) is 5.43. The third-order valence-corrected chi connectivity index (χ3v) is 2.24. The molecule has 0 saturated carbocycles. The first kappa shape index (κ1) is 16.6. The van der Waals surface area contributed by atoms with Crippen molar-refractivity contribution < 1.29 is 19.4 Å². The lowest BCUT2D eigenvalue weighted by atomic mass is 10.1. The summed E-state index contributed by atoms with van der Waals surface area (Å²) in [5.41, 5.74) is 0.858. The first-order valence-electron chi connectivity index (χ1n) is 6.53. The molecule has 0 aliphatic carbocycles. The van der Waals surface area contributed by atoms with Crippen molar-refractivity contribution in [2.45, 2.75) is 32.8 Å². The van der Waals surface area contributed by atoms with E-state index in [1.807, 2.05) is 0 Å². The van der Waals surface area contributed by atoms with Crippen LogP contribution in [0.25, 0.3) is 0 Å². The highest BCUT2D eigenvalue weighted by Crippen LogP contribution is 2.06. The van der Waals surface area contributed by atoms with Gasteiger partial charge >= 0.3 is 12.1 Å². The summed E-state index contributed by atoms with van der Waals surface area (Å²) in [5.74, 6) is 4.77. The Bertz CT molecular complexity index is 576. The van der Waals surface area contributed by atoms with E-state index in [9.17, 15) is 9.59 Å². The van der Waals surface area contributed by atoms with Crippen LogP contribution in [-0.4, -0.2) is 29.3 Å². The van der Waals surface area contributed by atoms with E-state index in [0.29, 0.717) is 11.1 Å². The molecule has 1 aromatic rings. The first-order chi connectivity index (χ1) is 9.76. The monoisotopic (exact) mass is 289 g/mol. The fraction of sp³-hybridized carbons (Fsp3) is 0.375. The molecule has 0 aliphatic heterocycles. The molecule has 0 aromatic heterocycles. The number of carbonyl (C=O) groups is 2. The van der Waals surface area contributed by atoms with Crippen molar-refractivity contribution in [1.82, 2.24) is 5.32 Å². The summed E-state index contributed by atoms with van der Waals surface area (Å²) in [6.07, 6.45) is -0.553. The zero-order valence-corrected chi connectivity index (χ0v) is 12.4. The van der Waals surface area contributed by atoms with E-state index in [4.69, 9.17) is 9.84 Å². The molecule has 2 N–H and O–H groups in total. The number of amides is 1. The summed E-state index contributed by atoms with van der Waals surface area (Å²) >= 11 is 0. The number of aliphatic carboxylic acids is 1. The van der Waals surface area contributed by atoms with Crippen LogP contribution in [0, 0.1) is 11.8 Å². The number of rotatable bonds is 3. The van der Waals surface area contributed by atoms with Gasteiger partial charge in [0.15, 0.2) is 0 Å². The van der Waals surface area contributed by atoms with Crippen LogP contribution in [-0.2, 0) is 16.0 Å². The molecule has 112 valence electrons. The van der Waals surface area contributed by atoms with Crippen LogP contribution in [0.2, 0.25) is 0 Å². The number of alkyl carbamates (subject to hydrolysis) is 1. The molecular weight excluding hydrogens is 270 g/mol. The maximum absolute atomic E-state index is 11.4. The van der Waals surface area contributed by atoms with Crippen LogP contribution in [0.5, 0.6) is 0 Å². The van der Waals surface area contributed by atoms with Crippen molar-refractivity contribution in [3.8, 4) is 11.8 Å². The molecule has 0 aliphatic rings. The van der Waals surface area contributed by atoms with Gasteiger partial charge < -0.3 is 15.2 Å². The Labute approximate surface area is 124 Å². The quantitative estimate of drug-likeness (QED) is 0.836. The molecular formula is C16H19NO4. The van der Waals surface area contributed by atoms with Gasteiger partial charge in [-0.1, -0.05) is 24.0 Å². The lowest BCUT2D eigenvalue weighted by Gasteiger charge is -2.18. The van der Waals surface area contributed by atoms with E-state index in [1.165, 1.54) is 0 Å². The van der Waals surface area contributed by atoms with Crippen LogP contribution < -0.4 is 5.32 Å². The van der Waals surface area contributed by atoms with E-state index < -0.39 is 17.7 Å². The molecule has 1 amide bonds. The Hall–Kier alpha value is -2.48. The standard InChI is InChI=1S/C16H19NO4/c1-16(2,3)21-15(20)17-9-5-8-12-6-4-7-13(10-12)11-14(18)19/h4,6-7,10H,9,11H2,1-3H3,(H,17,20)(H,18,19). The smallest absolute Gasteiger partial charge is 0.408 e. The predicted molar refractivity (Wildman–Crippen MR) is 78.9 cm³/mol. The van der Waals surface area contributed by atoms with Gasteiger partial charge in [0.25, 0.3) is 0 Å². The van der Waals surface area contributed by atoms with Crippen molar-refractivity contribution in [3.05, 3.63) is 35.4 Å². The molecule has 0 radical (unpaired) electrons. The molecule has 0 heterocycles. The highest BCUT2D eigenvalue weighted by atomic mass is 16.6. The average molecular weight is 289 g/mol. The van der Waals surface area contributed by atoms with Crippen LogP contribution in [0.1, 0.15) is 31.9 Å². The van der Waals surface area contributed by atoms with Crippen molar-refractivity contribution in [2.75, 3.05) is 6.54 Å². The second kappa shape index (κ2) is 7.34. The van der Waals surface area contributed by atoms with Gasteiger partial charge in [-0.25, -0.2) is 4.79 Å². The van der Waals surface area contributed by atoms with Gasteiger partial charge in [-0.2, -0.15) is 0 Å². The SMILES string of the molecule is CC(C)(C)OC(=O)NCC#Cc1cccc(CC(=O)O)c1. The Morgan fingerprint density at radius 1 is 1.33 bits per heavy atom. The molecule has 0 spiro atoms. The Kier molecular flexibility index (Phi) is 5.79. The number of carboxylic acid groups (broad SMARTS) is 1. The van der Waals surface area contributed by atoms with Crippen LogP contribution in [0.3, 0.4) is 0 Å². The number of carbonyl (C=O) groups excluding carboxylic acids is 1. The zero-order valence-electron chi connectivity index (χ0n) is 12.4. The van der Waals surface area contributed by atoms with Crippen LogP contribution >= 0.6 is 0 Å². The summed E-state index contributed by atoms with van der Waals surface area (Å²) in [5, 5.41) is 11.3. The molecule has 0 unspecified atom stereocenters. The minimum atomic E-state index is -0.883. The molecule has 0 bridgehead atoms. The molecule has 5 heteroatoms. The molecule has 1 aromatic carbocycles. The molecule has 0 fully saturated rings. The largest absolute Gasteiger partial charge is 0.481 e. The van der Waals surface area contributed by atoms with Gasteiger partial charge in [-0.15, -0.1) is 0 Å². The van der Waals surface area contributed by atoms with E-state index in [1.54, 1.807) is 45.0 Å². The highest BCUT2D eigenvalue weighted by Gasteiger charge is 2.14. The number of hydrogen-bond donors (Lipinski definition) is 2. The second-order valence-corrected chi connectivity index (χ2v) is 5.43. The van der Waals surface area contributed by atoms with E-state index in [2.05, 4.69) is 17.2 Å². The van der Waals surface area contributed by atoms with Gasteiger partial charge in [0, 0.05) is 5.56 Å². The summed E-state index contributed by atoms with van der Waals surface area (Å²) in [7, 11) is 0. The van der Waals surface area contributed by atoms with Crippen molar-refractivity contribution >= 4 is 12.1 Å². The highest BCUT2D eigenvalue weighted by molar-refractivity contribution is 5.70. The number of ether oxygens (including phenoxy) is 1. The lowest BCUT2D eigenvalue weighted by molar-refractivity contribution is -0.136. The Balaban J connectivity index is 2.52. The number of carboxylic acids is 1. The van der Waals surface area contributed by atoms with E-state index >= 15 is 0 Å². The molecule has 21 heavy (non-hydrogen) atoms. The predicted octanol–water partition coefficient (Wildman–Crippen LogP) is 2.19. The zero-order chi connectivity index (χ0) is 15.9. The van der Waals surface area contributed by atoms with Crippen LogP contribution in [0.4, 0.5) is 4.79 Å².